The smallest absolute Gasteiger partial charge is 0.201 e. The topological polar surface area (TPSA) is 107 Å². The molecule has 0 radical (unpaired) electrons. The van der Waals surface area contributed by atoms with E-state index in [1.807, 2.05) is 0 Å². The summed E-state index contributed by atoms with van der Waals surface area (Å²) in [6.45, 7) is 0. The van der Waals surface area contributed by atoms with Crippen LogP contribution in [0.25, 0.3) is 22.5 Å². The molecule has 0 saturated heterocycles. The number of aromatic nitrogens is 5. The first-order valence-corrected chi connectivity index (χ1v) is 4.22. The van der Waals surface area contributed by atoms with E-state index in [4.69, 9.17) is 10.3 Å². The van der Waals surface area contributed by atoms with Crippen molar-refractivity contribution in [2.24, 2.45) is 0 Å². The Labute approximate surface area is 83.3 Å². The molecule has 0 spiro atoms. The Hall–Kier alpha value is -2.44. The van der Waals surface area contributed by atoms with Crippen LogP contribution in [0.3, 0.4) is 0 Å². The van der Waals surface area contributed by atoms with Crippen LogP contribution in [0.1, 0.15) is 0 Å². The van der Waals surface area contributed by atoms with Crippen LogP contribution in [0.15, 0.2) is 22.9 Å². The van der Waals surface area contributed by atoms with Crippen LogP contribution in [0, 0.1) is 0 Å². The van der Waals surface area contributed by atoms with Crippen molar-refractivity contribution in [3.63, 3.8) is 0 Å². The van der Waals surface area contributed by atoms with Gasteiger partial charge < -0.3 is 10.3 Å². The molecule has 0 atom stereocenters. The van der Waals surface area contributed by atoms with Gasteiger partial charge in [-0.2, -0.15) is 10.3 Å². The van der Waals surface area contributed by atoms with E-state index in [0.29, 0.717) is 22.7 Å². The van der Waals surface area contributed by atoms with Gasteiger partial charge in [0.05, 0.1) is 0 Å². The highest BCUT2D eigenvalue weighted by Crippen LogP contribution is 2.22. The first-order chi connectivity index (χ1) is 7.33. The van der Waals surface area contributed by atoms with Gasteiger partial charge in [-0.3, -0.25) is 0 Å². The van der Waals surface area contributed by atoms with Gasteiger partial charge in [-0.25, -0.2) is 4.98 Å². The number of hydrogen-bond acceptors (Lipinski definition) is 6. The van der Waals surface area contributed by atoms with Crippen molar-refractivity contribution in [3.05, 3.63) is 18.3 Å². The molecule has 3 aromatic rings. The van der Waals surface area contributed by atoms with E-state index in [9.17, 15) is 0 Å². The van der Waals surface area contributed by atoms with Gasteiger partial charge >= 0.3 is 0 Å². The minimum atomic E-state index is 0.338. The minimum Gasteiger partial charge on any atom is -0.381 e. The monoisotopic (exact) mass is 202 g/mol. The summed E-state index contributed by atoms with van der Waals surface area (Å²) in [5, 5.41) is 13.8. The number of anilines is 1. The third-order valence-electron chi connectivity index (χ3n) is 1.99. The Kier molecular flexibility index (Phi) is 1.46. The molecule has 7 nitrogen and oxygen atoms in total. The molecule has 0 aliphatic carbocycles. The summed E-state index contributed by atoms with van der Waals surface area (Å²) in [6, 6.07) is 3.43. The molecule has 0 saturated carbocycles. The van der Waals surface area contributed by atoms with Crippen LogP contribution in [0.4, 0.5) is 5.82 Å². The number of nitrogens with zero attached hydrogens (tertiary/aromatic N) is 4. The molecule has 7 heteroatoms. The standard InChI is InChI=1S/C8H6N6O/c9-7-2-6(15-13-7)4-1-5-8(10-3-4)12-14-11-5/h1-3H,(H2,9,13)(H,10,11,12,14). The van der Waals surface area contributed by atoms with Crippen molar-refractivity contribution in [1.82, 2.24) is 25.6 Å². The van der Waals surface area contributed by atoms with Gasteiger partial charge in [-0.05, 0) is 6.07 Å². The van der Waals surface area contributed by atoms with Gasteiger partial charge in [0.2, 0.25) is 5.65 Å². The fourth-order valence-electron chi connectivity index (χ4n) is 1.30. The van der Waals surface area contributed by atoms with Crippen molar-refractivity contribution in [2.45, 2.75) is 0 Å². The van der Waals surface area contributed by atoms with Crippen LogP contribution < -0.4 is 5.73 Å². The molecule has 0 unspecified atom stereocenters. The molecular formula is C8H6N6O. The summed E-state index contributed by atoms with van der Waals surface area (Å²) in [5.74, 6) is 0.898. The van der Waals surface area contributed by atoms with Crippen molar-refractivity contribution >= 4 is 17.0 Å². The van der Waals surface area contributed by atoms with E-state index in [2.05, 4.69) is 25.6 Å². The largest absolute Gasteiger partial charge is 0.381 e. The van der Waals surface area contributed by atoms with Gasteiger partial charge in [0.25, 0.3) is 0 Å². The second-order valence-electron chi connectivity index (χ2n) is 3.01. The third kappa shape index (κ3) is 1.21. The molecule has 0 aliphatic heterocycles. The average Bonchev–Trinajstić information content (AvgIpc) is 2.84. The lowest BCUT2D eigenvalue weighted by molar-refractivity contribution is 0.436. The highest BCUT2D eigenvalue weighted by molar-refractivity contribution is 5.75. The number of H-pyrrole nitrogens is 1. The molecule has 15 heavy (non-hydrogen) atoms. The first-order valence-electron chi connectivity index (χ1n) is 4.22. The zero-order chi connectivity index (χ0) is 10.3. The van der Waals surface area contributed by atoms with Gasteiger partial charge in [-0.1, -0.05) is 5.16 Å². The quantitative estimate of drug-likeness (QED) is 0.598. The fourth-order valence-corrected chi connectivity index (χ4v) is 1.30. The molecule has 3 heterocycles. The highest BCUT2D eigenvalue weighted by Gasteiger charge is 2.07. The van der Waals surface area contributed by atoms with E-state index in [-0.39, 0.29) is 0 Å². The lowest BCUT2D eigenvalue weighted by atomic mass is 10.2. The van der Waals surface area contributed by atoms with E-state index in [0.717, 1.165) is 5.56 Å². The zero-order valence-corrected chi connectivity index (χ0v) is 7.51. The van der Waals surface area contributed by atoms with E-state index in [1.54, 1.807) is 18.3 Å². The molecule has 0 fully saturated rings. The second kappa shape index (κ2) is 2.77. The molecule has 0 aliphatic rings. The van der Waals surface area contributed by atoms with Gasteiger partial charge in [0.1, 0.15) is 5.52 Å². The van der Waals surface area contributed by atoms with Crippen LogP contribution in [0.5, 0.6) is 0 Å². The lowest BCUT2D eigenvalue weighted by Crippen LogP contribution is -1.81. The fraction of sp³-hybridized carbons (Fsp3) is 0. The average molecular weight is 202 g/mol. The molecule has 3 aromatic heterocycles. The number of rotatable bonds is 1. The number of fused-ring (bicyclic) bond motifs is 1. The number of nitrogen functional groups attached to an aromatic ring is 1. The van der Waals surface area contributed by atoms with E-state index < -0.39 is 0 Å². The predicted octanol–water partition coefficient (Wildman–Crippen LogP) is 0.590. The Morgan fingerprint density at radius 2 is 2.20 bits per heavy atom. The maximum atomic E-state index is 5.45. The molecule has 74 valence electrons. The molecule has 3 rings (SSSR count). The van der Waals surface area contributed by atoms with E-state index >= 15 is 0 Å². The lowest BCUT2D eigenvalue weighted by Gasteiger charge is -1.92. The van der Waals surface area contributed by atoms with Crippen LogP contribution in [-0.4, -0.2) is 25.6 Å². The SMILES string of the molecule is Nc1cc(-c2cnc3n[nH]nc3c2)on1. The number of nitrogens with two attached hydrogens (primary N) is 1. The Morgan fingerprint density at radius 1 is 1.27 bits per heavy atom. The highest BCUT2D eigenvalue weighted by atomic mass is 16.5. The molecule has 3 N–H and O–H groups in total. The maximum Gasteiger partial charge on any atom is 0.201 e. The van der Waals surface area contributed by atoms with E-state index in [1.165, 1.54) is 0 Å². The number of hydrogen-bond donors (Lipinski definition) is 2. The van der Waals surface area contributed by atoms with Crippen molar-refractivity contribution in [3.8, 4) is 11.3 Å². The molecular weight excluding hydrogens is 196 g/mol. The summed E-state index contributed by atoms with van der Waals surface area (Å²) in [6.07, 6.45) is 1.63. The summed E-state index contributed by atoms with van der Waals surface area (Å²) >= 11 is 0. The number of nitrogens with one attached hydrogen (secondary N) is 1. The summed E-state index contributed by atoms with van der Waals surface area (Å²) in [4.78, 5) is 4.09. The summed E-state index contributed by atoms with van der Waals surface area (Å²) < 4.78 is 5.00. The van der Waals surface area contributed by atoms with Gasteiger partial charge in [-0.15, -0.1) is 5.10 Å². The Morgan fingerprint density at radius 3 is 3.00 bits per heavy atom. The third-order valence-corrected chi connectivity index (χ3v) is 1.99. The number of pyridine rings is 1. The van der Waals surface area contributed by atoms with Gasteiger partial charge in [0.15, 0.2) is 11.6 Å². The molecule has 0 aromatic carbocycles. The first kappa shape index (κ1) is 7.92. The normalized spacial score (nSPS) is 10.9. The Bertz CT molecular complexity index is 612. The molecule has 0 amide bonds. The minimum absolute atomic E-state index is 0.338. The van der Waals surface area contributed by atoms with Crippen LogP contribution in [-0.2, 0) is 0 Å². The van der Waals surface area contributed by atoms with Crippen LogP contribution in [0.2, 0.25) is 0 Å². The predicted molar refractivity (Wildman–Crippen MR) is 51.6 cm³/mol. The van der Waals surface area contributed by atoms with Crippen LogP contribution >= 0.6 is 0 Å². The van der Waals surface area contributed by atoms with Gasteiger partial charge in [0, 0.05) is 17.8 Å². The number of aromatic amines is 1. The maximum absolute atomic E-state index is 5.45. The Balaban J connectivity index is 2.18. The van der Waals surface area contributed by atoms with Crippen molar-refractivity contribution in [1.29, 1.82) is 0 Å². The summed E-state index contributed by atoms with van der Waals surface area (Å²) in [7, 11) is 0. The van der Waals surface area contributed by atoms with Crippen molar-refractivity contribution in [2.75, 3.05) is 5.73 Å². The second-order valence-corrected chi connectivity index (χ2v) is 3.01. The zero-order valence-electron chi connectivity index (χ0n) is 7.51. The molecule has 0 bridgehead atoms. The van der Waals surface area contributed by atoms with Crippen molar-refractivity contribution < 1.29 is 4.52 Å². The summed E-state index contributed by atoms with van der Waals surface area (Å²) in [5.41, 5.74) is 7.44.